The topological polar surface area (TPSA) is 45.4 Å². The van der Waals surface area contributed by atoms with E-state index < -0.39 is 0 Å². The summed E-state index contributed by atoms with van der Waals surface area (Å²) in [6.45, 7) is 3.15. The van der Waals surface area contributed by atoms with Gasteiger partial charge in [0.2, 0.25) is 0 Å². The van der Waals surface area contributed by atoms with E-state index in [0.29, 0.717) is 5.54 Å². The van der Waals surface area contributed by atoms with Gasteiger partial charge in [-0.3, -0.25) is 9.88 Å². The molecule has 112 valence electrons. The Bertz CT molecular complexity index is 412. The van der Waals surface area contributed by atoms with Gasteiger partial charge in [0.1, 0.15) is 0 Å². The summed E-state index contributed by atoms with van der Waals surface area (Å²) < 4.78 is 0. The number of hydrogen-bond donors (Lipinski definition) is 1. The first kappa shape index (κ1) is 15.4. The minimum Gasteiger partial charge on any atom is -0.326 e. The third kappa shape index (κ3) is 3.03. The predicted octanol–water partition coefficient (Wildman–Crippen LogP) is 1.89. The van der Waals surface area contributed by atoms with Gasteiger partial charge in [0, 0.05) is 36.6 Å². The van der Waals surface area contributed by atoms with Gasteiger partial charge in [-0.05, 0) is 65.0 Å². The summed E-state index contributed by atoms with van der Waals surface area (Å²) in [5.41, 5.74) is 7.83. The fraction of sp³-hybridized carbons (Fsp3) is 0.688. The Morgan fingerprint density at radius 3 is 2.25 bits per heavy atom. The molecule has 1 fully saturated rings. The Kier molecular flexibility index (Phi) is 4.78. The zero-order valence-corrected chi connectivity index (χ0v) is 13.2. The Labute approximate surface area is 123 Å². The molecule has 20 heavy (non-hydrogen) atoms. The second-order valence-corrected chi connectivity index (χ2v) is 6.47. The van der Waals surface area contributed by atoms with Crippen LogP contribution in [0.2, 0.25) is 0 Å². The quantitative estimate of drug-likeness (QED) is 0.862. The van der Waals surface area contributed by atoms with Crippen LogP contribution >= 0.6 is 0 Å². The van der Waals surface area contributed by atoms with Gasteiger partial charge in [-0.25, -0.2) is 0 Å². The van der Waals surface area contributed by atoms with Gasteiger partial charge in [0.15, 0.2) is 0 Å². The molecule has 1 saturated carbocycles. The van der Waals surface area contributed by atoms with Crippen LogP contribution in [0.15, 0.2) is 24.5 Å². The van der Waals surface area contributed by atoms with Crippen LogP contribution in [0.25, 0.3) is 0 Å². The number of aromatic nitrogens is 1. The fourth-order valence-electron chi connectivity index (χ4n) is 3.41. The number of rotatable bonds is 6. The molecule has 0 spiro atoms. The molecule has 1 aromatic heterocycles. The Morgan fingerprint density at radius 1 is 1.25 bits per heavy atom. The summed E-state index contributed by atoms with van der Waals surface area (Å²) in [6, 6.07) is 4.50. The highest BCUT2D eigenvalue weighted by atomic mass is 15.2. The van der Waals surface area contributed by atoms with Crippen molar-refractivity contribution < 1.29 is 0 Å². The van der Waals surface area contributed by atoms with Crippen LogP contribution in [0.5, 0.6) is 0 Å². The van der Waals surface area contributed by atoms with Crippen LogP contribution in [0.3, 0.4) is 0 Å². The van der Waals surface area contributed by atoms with E-state index >= 15 is 0 Å². The number of pyridine rings is 1. The van der Waals surface area contributed by atoms with Gasteiger partial charge in [0.25, 0.3) is 0 Å². The third-order valence-corrected chi connectivity index (χ3v) is 4.80. The fourth-order valence-corrected chi connectivity index (χ4v) is 3.41. The average Bonchev–Trinajstić information content (AvgIpc) is 2.34. The first-order chi connectivity index (χ1) is 9.46. The highest BCUT2D eigenvalue weighted by Crippen LogP contribution is 2.38. The highest BCUT2D eigenvalue weighted by Gasteiger charge is 2.41. The summed E-state index contributed by atoms with van der Waals surface area (Å²) in [4.78, 5) is 8.91. The Balaban J connectivity index is 2.14. The molecule has 2 rings (SSSR count). The molecule has 4 nitrogen and oxygen atoms in total. The molecule has 2 N–H and O–H groups in total. The van der Waals surface area contributed by atoms with Crippen LogP contribution in [-0.2, 0) is 0 Å². The zero-order chi connectivity index (χ0) is 14.8. The third-order valence-electron chi connectivity index (χ3n) is 4.80. The second-order valence-electron chi connectivity index (χ2n) is 6.47. The number of nitrogens with zero attached hydrogens (tertiary/aromatic N) is 3. The second kappa shape index (κ2) is 6.20. The number of hydrogen-bond acceptors (Lipinski definition) is 4. The van der Waals surface area contributed by atoms with E-state index in [1.807, 2.05) is 12.4 Å². The van der Waals surface area contributed by atoms with Crippen molar-refractivity contribution in [3.05, 3.63) is 30.1 Å². The van der Waals surface area contributed by atoms with Gasteiger partial charge in [-0.2, -0.15) is 0 Å². The van der Waals surface area contributed by atoms with E-state index in [1.165, 1.54) is 24.8 Å². The summed E-state index contributed by atoms with van der Waals surface area (Å²) in [5.74, 6) is 0. The van der Waals surface area contributed by atoms with Crippen LogP contribution < -0.4 is 5.73 Å². The van der Waals surface area contributed by atoms with Crippen LogP contribution in [-0.4, -0.2) is 54.1 Å². The van der Waals surface area contributed by atoms with Crippen molar-refractivity contribution >= 4 is 0 Å². The maximum absolute atomic E-state index is 6.25. The van der Waals surface area contributed by atoms with Gasteiger partial charge >= 0.3 is 0 Å². The summed E-state index contributed by atoms with van der Waals surface area (Å²) in [7, 11) is 6.58. The standard InChI is InChI=1S/C16H28N4/c1-13(17)15(14-6-10-18-11-7-14)20(4)12-16(19(2)3)8-5-9-16/h6-7,10-11,13,15H,5,8-9,12,17H2,1-4H3. The van der Waals surface area contributed by atoms with Gasteiger partial charge in [-0.1, -0.05) is 0 Å². The zero-order valence-electron chi connectivity index (χ0n) is 13.2. The van der Waals surface area contributed by atoms with Crippen molar-refractivity contribution in [3.63, 3.8) is 0 Å². The van der Waals surface area contributed by atoms with Crippen LogP contribution in [0.4, 0.5) is 0 Å². The maximum atomic E-state index is 6.25. The number of likely N-dealkylation sites (N-methyl/N-ethyl adjacent to an activating group) is 2. The van der Waals surface area contributed by atoms with Gasteiger partial charge < -0.3 is 10.6 Å². The summed E-state index contributed by atoms with van der Waals surface area (Å²) in [6.07, 6.45) is 7.61. The maximum Gasteiger partial charge on any atom is 0.0495 e. The van der Waals surface area contributed by atoms with Crippen molar-refractivity contribution in [1.29, 1.82) is 0 Å². The highest BCUT2D eigenvalue weighted by molar-refractivity contribution is 5.17. The molecule has 0 amide bonds. The molecule has 2 atom stereocenters. The molecule has 0 aromatic carbocycles. The SMILES string of the molecule is CC(N)C(c1ccncc1)N(C)CC1(N(C)C)CCC1. The molecule has 4 heteroatoms. The molecular formula is C16H28N4. The van der Waals surface area contributed by atoms with E-state index in [2.05, 4.69) is 55.0 Å². The molecule has 0 aliphatic heterocycles. The van der Waals surface area contributed by atoms with Crippen molar-refractivity contribution in [2.75, 3.05) is 27.7 Å². The summed E-state index contributed by atoms with van der Waals surface area (Å²) in [5, 5.41) is 0. The van der Waals surface area contributed by atoms with Crippen molar-refractivity contribution in [2.24, 2.45) is 5.73 Å². The lowest BCUT2D eigenvalue weighted by molar-refractivity contribution is 0.0131. The molecule has 0 radical (unpaired) electrons. The molecule has 0 saturated heterocycles. The van der Waals surface area contributed by atoms with Gasteiger partial charge in [0.05, 0.1) is 0 Å². The lowest BCUT2D eigenvalue weighted by Crippen LogP contribution is -2.58. The molecule has 1 aromatic rings. The Morgan fingerprint density at radius 2 is 1.85 bits per heavy atom. The average molecular weight is 276 g/mol. The van der Waals surface area contributed by atoms with E-state index in [0.717, 1.165) is 6.54 Å². The normalized spacial score (nSPS) is 20.8. The van der Waals surface area contributed by atoms with Crippen molar-refractivity contribution in [2.45, 2.75) is 43.8 Å². The lowest BCUT2D eigenvalue weighted by atomic mass is 9.75. The van der Waals surface area contributed by atoms with E-state index in [1.54, 1.807) is 0 Å². The largest absolute Gasteiger partial charge is 0.326 e. The first-order valence-electron chi connectivity index (χ1n) is 7.49. The smallest absolute Gasteiger partial charge is 0.0495 e. The minimum atomic E-state index is 0.0988. The lowest BCUT2D eigenvalue weighted by Gasteiger charge is -2.50. The first-order valence-corrected chi connectivity index (χ1v) is 7.49. The van der Waals surface area contributed by atoms with Crippen LogP contribution in [0, 0.1) is 0 Å². The van der Waals surface area contributed by atoms with E-state index in [4.69, 9.17) is 5.73 Å². The Hall–Kier alpha value is -0.970. The summed E-state index contributed by atoms with van der Waals surface area (Å²) >= 11 is 0. The minimum absolute atomic E-state index is 0.0988. The van der Waals surface area contributed by atoms with Gasteiger partial charge in [-0.15, -0.1) is 0 Å². The van der Waals surface area contributed by atoms with Crippen LogP contribution in [0.1, 0.15) is 37.8 Å². The van der Waals surface area contributed by atoms with Crippen molar-refractivity contribution in [3.8, 4) is 0 Å². The molecule has 2 unspecified atom stereocenters. The molecule has 1 aliphatic rings. The molecule has 1 aliphatic carbocycles. The number of nitrogens with two attached hydrogens (primary N) is 1. The van der Waals surface area contributed by atoms with E-state index in [-0.39, 0.29) is 12.1 Å². The van der Waals surface area contributed by atoms with Crippen molar-refractivity contribution in [1.82, 2.24) is 14.8 Å². The molecule has 0 bridgehead atoms. The monoisotopic (exact) mass is 276 g/mol. The molecule has 1 heterocycles. The molecular weight excluding hydrogens is 248 g/mol. The predicted molar refractivity (Wildman–Crippen MR) is 83.5 cm³/mol. The van der Waals surface area contributed by atoms with E-state index in [9.17, 15) is 0 Å².